The van der Waals surface area contributed by atoms with Gasteiger partial charge in [-0.3, -0.25) is 0 Å². The number of rotatable bonds is 5. The summed E-state index contributed by atoms with van der Waals surface area (Å²) in [4.78, 5) is 6.39. The molecule has 2 aliphatic heterocycles. The fourth-order valence-electron chi connectivity index (χ4n) is 4.41. The molecule has 0 aliphatic carbocycles. The van der Waals surface area contributed by atoms with Crippen molar-refractivity contribution in [1.82, 2.24) is 33.7 Å². The molecule has 0 N–H and O–H groups in total. The molecular formula is C19H26N8O2S. The first-order chi connectivity index (χ1) is 14.4. The number of hydrogen-bond donors (Lipinski definition) is 0. The number of sulfonamides is 1. The van der Waals surface area contributed by atoms with Gasteiger partial charge in [-0.2, -0.15) is 8.82 Å². The first-order valence-electron chi connectivity index (χ1n) is 10.4. The van der Waals surface area contributed by atoms with Crippen LogP contribution >= 0.6 is 0 Å². The molecule has 0 bridgehead atoms. The van der Waals surface area contributed by atoms with Gasteiger partial charge in [0.2, 0.25) is 0 Å². The second-order valence-electron chi connectivity index (χ2n) is 8.43. The molecule has 0 radical (unpaired) electrons. The van der Waals surface area contributed by atoms with E-state index < -0.39 is 10.0 Å². The molecule has 0 spiro atoms. The maximum Gasteiger partial charge on any atom is 0.262 e. The summed E-state index contributed by atoms with van der Waals surface area (Å²) in [7, 11) is -3.56. The summed E-state index contributed by atoms with van der Waals surface area (Å²) in [6, 6.07) is 4.08. The summed E-state index contributed by atoms with van der Waals surface area (Å²) in [5.41, 5.74) is 0.744. The normalized spacial score (nSPS) is 22.5. The third-order valence-electron chi connectivity index (χ3n) is 6.18. The Morgan fingerprint density at radius 2 is 1.83 bits per heavy atom. The largest absolute Gasteiger partial charge is 0.355 e. The minimum atomic E-state index is -3.56. The van der Waals surface area contributed by atoms with Gasteiger partial charge in [-0.05, 0) is 37.8 Å². The average Bonchev–Trinajstić information content (AvgIpc) is 3.48. The lowest BCUT2D eigenvalue weighted by molar-refractivity contribution is 0.450. The average molecular weight is 431 g/mol. The zero-order chi connectivity index (χ0) is 21.0. The number of nitrogens with zero attached hydrogens (tertiary/aromatic N) is 8. The van der Waals surface area contributed by atoms with Gasteiger partial charge in [-0.1, -0.05) is 6.92 Å². The van der Waals surface area contributed by atoms with Gasteiger partial charge in [0.1, 0.15) is 5.82 Å². The number of imidazole rings is 1. The zero-order valence-corrected chi connectivity index (χ0v) is 18.2. The minimum Gasteiger partial charge on any atom is -0.355 e. The van der Waals surface area contributed by atoms with Crippen LogP contribution in [0.25, 0.3) is 5.65 Å². The van der Waals surface area contributed by atoms with Gasteiger partial charge in [0.05, 0.1) is 6.33 Å². The summed E-state index contributed by atoms with van der Waals surface area (Å²) in [6.07, 6.45) is 3.99. The molecule has 2 unspecified atom stereocenters. The van der Waals surface area contributed by atoms with Crippen molar-refractivity contribution in [2.24, 2.45) is 11.8 Å². The van der Waals surface area contributed by atoms with Gasteiger partial charge < -0.3 is 9.47 Å². The molecule has 3 aromatic heterocycles. The van der Waals surface area contributed by atoms with Gasteiger partial charge in [-0.25, -0.2) is 13.4 Å². The summed E-state index contributed by atoms with van der Waals surface area (Å²) in [5, 5.41) is 13.2. The molecule has 0 amide bonds. The van der Waals surface area contributed by atoms with E-state index in [9.17, 15) is 8.42 Å². The summed E-state index contributed by atoms with van der Waals surface area (Å²) in [6.45, 7) is 8.66. The van der Waals surface area contributed by atoms with Crippen molar-refractivity contribution >= 4 is 21.5 Å². The maximum absolute atomic E-state index is 13.0. The van der Waals surface area contributed by atoms with Gasteiger partial charge in [0.15, 0.2) is 16.5 Å². The highest BCUT2D eigenvalue weighted by atomic mass is 32.2. The van der Waals surface area contributed by atoms with E-state index >= 15 is 0 Å². The van der Waals surface area contributed by atoms with Crippen molar-refractivity contribution in [3.8, 4) is 0 Å². The molecule has 5 rings (SSSR count). The van der Waals surface area contributed by atoms with E-state index in [-0.39, 0.29) is 22.9 Å². The molecule has 160 valence electrons. The Kier molecular flexibility index (Phi) is 4.55. The number of hydrogen-bond acceptors (Lipinski definition) is 7. The Hall–Kier alpha value is -2.53. The van der Waals surface area contributed by atoms with E-state index in [0.29, 0.717) is 13.1 Å². The van der Waals surface area contributed by atoms with E-state index in [0.717, 1.165) is 36.8 Å². The van der Waals surface area contributed by atoms with Crippen LogP contribution in [0.4, 0.5) is 5.82 Å². The number of aryl methyl sites for hydroxylation is 1. The van der Waals surface area contributed by atoms with E-state index in [1.807, 2.05) is 37.5 Å². The molecule has 10 nitrogen and oxygen atoms in total. The maximum atomic E-state index is 13.0. The standard InChI is InChI=1S/C19H26N8O2S/c1-4-16-21-22-17-5-6-18(23-27(16)17)24-7-14-9-26(10-15(14)8-24)30(28,29)19-11-25(12-20-19)13(2)3/h5-6,11-15H,4,7-10H2,1-3H3. The van der Waals surface area contributed by atoms with Crippen molar-refractivity contribution < 1.29 is 8.42 Å². The molecule has 5 heterocycles. The lowest BCUT2D eigenvalue weighted by atomic mass is 10.0. The smallest absolute Gasteiger partial charge is 0.262 e. The number of fused-ring (bicyclic) bond motifs is 2. The van der Waals surface area contributed by atoms with Crippen LogP contribution < -0.4 is 4.90 Å². The van der Waals surface area contributed by atoms with Gasteiger partial charge >= 0.3 is 0 Å². The SMILES string of the molecule is CCc1nnc2ccc(N3CC4CN(S(=O)(=O)c5cn(C(C)C)cn5)CC4C3)nn12. The highest BCUT2D eigenvalue weighted by Crippen LogP contribution is 2.35. The Balaban J connectivity index is 1.31. The summed E-state index contributed by atoms with van der Waals surface area (Å²) in [5.74, 6) is 2.30. The van der Waals surface area contributed by atoms with E-state index in [2.05, 4.69) is 20.1 Å². The molecule has 30 heavy (non-hydrogen) atoms. The molecule has 0 saturated carbocycles. The van der Waals surface area contributed by atoms with Crippen molar-refractivity contribution in [2.75, 3.05) is 31.1 Å². The summed E-state index contributed by atoms with van der Waals surface area (Å²) >= 11 is 0. The summed E-state index contributed by atoms with van der Waals surface area (Å²) < 4.78 is 31.3. The molecule has 2 atom stereocenters. The van der Waals surface area contributed by atoms with E-state index in [1.54, 1.807) is 21.3 Å². The van der Waals surface area contributed by atoms with Crippen LogP contribution in [0.1, 0.15) is 32.6 Å². The highest BCUT2D eigenvalue weighted by Gasteiger charge is 2.45. The van der Waals surface area contributed by atoms with Crippen LogP contribution in [-0.4, -0.2) is 68.3 Å². The number of aromatic nitrogens is 6. The fourth-order valence-corrected chi connectivity index (χ4v) is 5.89. The predicted molar refractivity (Wildman–Crippen MR) is 111 cm³/mol. The molecule has 2 fully saturated rings. The first-order valence-corrected chi connectivity index (χ1v) is 11.8. The predicted octanol–water partition coefficient (Wildman–Crippen LogP) is 1.22. The van der Waals surface area contributed by atoms with Crippen molar-refractivity contribution in [3.63, 3.8) is 0 Å². The third kappa shape index (κ3) is 3.07. The zero-order valence-electron chi connectivity index (χ0n) is 17.4. The Labute approximate surface area is 175 Å². The van der Waals surface area contributed by atoms with Crippen LogP contribution in [0.2, 0.25) is 0 Å². The van der Waals surface area contributed by atoms with Crippen molar-refractivity contribution in [3.05, 3.63) is 30.5 Å². The lowest BCUT2D eigenvalue weighted by Gasteiger charge is -2.21. The monoisotopic (exact) mass is 430 g/mol. The van der Waals surface area contributed by atoms with Gasteiger partial charge in [0, 0.05) is 44.8 Å². The molecule has 3 aromatic rings. The quantitative estimate of drug-likeness (QED) is 0.600. The molecule has 11 heteroatoms. The van der Waals surface area contributed by atoms with Crippen LogP contribution in [-0.2, 0) is 16.4 Å². The lowest BCUT2D eigenvalue weighted by Crippen LogP contribution is -2.33. The van der Waals surface area contributed by atoms with E-state index in [1.165, 1.54) is 0 Å². The second kappa shape index (κ2) is 7.02. The van der Waals surface area contributed by atoms with Crippen LogP contribution in [0.15, 0.2) is 29.7 Å². The molecule has 0 aromatic carbocycles. The van der Waals surface area contributed by atoms with Crippen LogP contribution in [0.3, 0.4) is 0 Å². The Morgan fingerprint density at radius 3 is 2.47 bits per heavy atom. The molecule has 2 aliphatic rings. The first kappa shape index (κ1) is 19.4. The Morgan fingerprint density at radius 1 is 1.10 bits per heavy atom. The van der Waals surface area contributed by atoms with Gasteiger partial charge in [-0.15, -0.1) is 15.3 Å². The Bertz CT molecular complexity index is 1170. The van der Waals surface area contributed by atoms with Crippen LogP contribution in [0, 0.1) is 11.8 Å². The van der Waals surface area contributed by atoms with E-state index in [4.69, 9.17) is 5.10 Å². The topological polar surface area (TPSA) is 102 Å². The minimum absolute atomic E-state index is 0.139. The van der Waals surface area contributed by atoms with Crippen molar-refractivity contribution in [1.29, 1.82) is 0 Å². The fraction of sp³-hybridized carbons (Fsp3) is 0.579. The second-order valence-corrected chi connectivity index (χ2v) is 10.3. The van der Waals surface area contributed by atoms with Gasteiger partial charge in [0.25, 0.3) is 10.0 Å². The van der Waals surface area contributed by atoms with Crippen molar-refractivity contribution in [2.45, 2.75) is 38.3 Å². The number of anilines is 1. The van der Waals surface area contributed by atoms with Crippen LogP contribution in [0.5, 0.6) is 0 Å². The highest BCUT2D eigenvalue weighted by molar-refractivity contribution is 7.89. The molecule has 2 saturated heterocycles. The molecular weight excluding hydrogens is 404 g/mol. The third-order valence-corrected chi connectivity index (χ3v) is 7.90.